The monoisotopic (exact) mass is 124 g/mol. The van der Waals surface area contributed by atoms with E-state index in [9.17, 15) is 0 Å². The predicted octanol–water partition coefficient (Wildman–Crippen LogP) is 1.06. The highest BCUT2D eigenvalue weighted by Gasteiger charge is 1.99. The van der Waals surface area contributed by atoms with Crippen LogP contribution in [0.1, 0.15) is 13.8 Å². The summed E-state index contributed by atoms with van der Waals surface area (Å²) in [7, 11) is 0. The SMILES string of the molecule is C=CC(C)NC(C)C#N. The van der Waals surface area contributed by atoms with Crippen LogP contribution in [0, 0.1) is 11.3 Å². The predicted molar refractivity (Wildman–Crippen MR) is 37.9 cm³/mol. The van der Waals surface area contributed by atoms with Crippen LogP contribution in [-0.2, 0) is 0 Å². The Morgan fingerprint density at radius 3 is 2.56 bits per heavy atom. The first-order valence-corrected chi connectivity index (χ1v) is 2.99. The van der Waals surface area contributed by atoms with Crippen molar-refractivity contribution in [3.8, 4) is 6.07 Å². The Bertz CT molecular complexity index is 123. The molecular weight excluding hydrogens is 112 g/mol. The Balaban J connectivity index is 3.49. The van der Waals surface area contributed by atoms with E-state index >= 15 is 0 Å². The third kappa shape index (κ3) is 3.75. The topological polar surface area (TPSA) is 35.8 Å². The molecule has 0 rings (SSSR count). The smallest absolute Gasteiger partial charge is 0.0928 e. The molecule has 2 unspecified atom stereocenters. The number of hydrogen-bond donors (Lipinski definition) is 1. The van der Waals surface area contributed by atoms with Crippen molar-refractivity contribution in [3.63, 3.8) is 0 Å². The average molecular weight is 124 g/mol. The molecule has 0 aliphatic rings. The van der Waals surface area contributed by atoms with Gasteiger partial charge in [0.1, 0.15) is 0 Å². The van der Waals surface area contributed by atoms with Gasteiger partial charge in [-0.1, -0.05) is 6.08 Å². The van der Waals surface area contributed by atoms with Crippen molar-refractivity contribution in [2.45, 2.75) is 25.9 Å². The van der Waals surface area contributed by atoms with E-state index in [1.165, 1.54) is 0 Å². The summed E-state index contributed by atoms with van der Waals surface area (Å²) in [5.41, 5.74) is 0. The van der Waals surface area contributed by atoms with Gasteiger partial charge in [0.2, 0.25) is 0 Å². The lowest BCUT2D eigenvalue weighted by molar-refractivity contribution is 0.594. The summed E-state index contributed by atoms with van der Waals surface area (Å²) in [6.07, 6.45) is 1.77. The Morgan fingerprint density at radius 2 is 2.22 bits per heavy atom. The number of nitriles is 1. The third-order valence-corrected chi connectivity index (χ3v) is 1.06. The summed E-state index contributed by atoms with van der Waals surface area (Å²) in [4.78, 5) is 0. The molecule has 0 aromatic rings. The van der Waals surface area contributed by atoms with Crippen LogP contribution >= 0.6 is 0 Å². The molecule has 0 bridgehead atoms. The molecule has 0 radical (unpaired) electrons. The van der Waals surface area contributed by atoms with Crippen molar-refractivity contribution in [2.75, 3.05) is 0 Å². The molecule has 2 atom stereocenters. The molecular formula is C7H12N2. The maximum Gasteiger partial charge on any atom is 0.0928 e. The zero-order valence-electron chi connectivity index (χ0n) is 5.89. The summed E-state index contributed by atoms with van der Waals surface area (Å²) in [6, 6.07) is 2.21. The quantitative estimate of drug-likeness (QED) is 0.571. The van der Waals surface area contributed by atoms with Gasteiger partial charge >= 0.3 is 0 Å². The molecule has 2 nitrogen and oxygen atoms in total. The van der Waals surface area contributed by atoms with Crippen LogP contribution in [0.3, 0.4) is 0 Å². The first-order chi connectivity index (χ1) is 4.20. The van der Waals surface area contributed by atoms with Crippen molar-refractivity contribution < 1.29 is 0 Å². The zero-order chi connectivity index (χ0) is 7.28. The molecule has 0 amide bonds. The fourth-order valence-electron chi connectivity index (χ4n) is 0.500. The van der Waals surface area contributed by atoms with Gasteiger partial charge < -0.3 is 0 Å². The van der Waals surface area contributed by atoms with E-state index in [2.05, 4.69) is 18.0 Å². The van der Waals surface area contributed by atoms with Crippen molar-refractivity contribution in [1.82, 2.24) is 5.32 Å². The fourth-order valence-corrected chi connectivity index (χ4v) is 0.500. The standard InChI is InChI=1S/C7H12N2/c1-4-6(2)9-7(3)5-8/h4,6-7,9H,1H2,2-3H3. The average Bonchev–Trinajstić information content (AvgIpc) is 1.87. The molecule has 0 aromatic carbocycles. The molecule has 9 heavy (non-hydrogen) atoms. The third-order valence-electron chi connectivity index (χ3n) is 1.06. The van der Waals surface area contributed by atoms with Gasteiger partial charge in [-0.05, 0) is 13.8 Å². The summed E-state index contributed by atoms with van der Waals surface area (Å²) in [5, 5.41) is 11.3. The highest BCUT2D eigenvalue weighted by atomic mass is 14.9. The molecule has 0 aliphatic carbocycles. The van der Waals surface area contributed by atoms with Crippen molar-refractivity contribution >= 4 is 0 Å². The molecule has 0 aromatic heterocycles. The number of rotatable bonds is 3. The minimum absolute atomic E-state index is 0.0852. The second kappa shape index (κ2) is 4.11. The molecule has 0 heterocycles. The zero-order valence-corrected chi connectivity index (χ0v) is 5.89. The van der Waals surface area contributed by atoms with Crippen LogP contribution in [0.15, 0.2) is 12.7 Å². The maximum atomic E-state index is 8.33. The Kier molecular flexibility index (Phi) is 3.74. The number of nitrogens with one attached hydrogen (secondary N) is 1. The lowest BCUT2D eigenvalue weighted by Gasteiger charge is -2.09. The van der Waals surface area contributed by atoms with Crippen molar-refractivity contribution in [3.05, 3.63) is 12.7 Å². The Labute approximate surface area is 56.2 Å². The lowest BCUT2D eigenvalue weighted by atomic mass is 10.3. The highest BCUT2D eigenvalue weighted by Crippen LogP contribution is 1.84. The van der Waals surface area contributed by atoms with Crippen LogP contribution in [0.25, 0.3) is 0 Å². The summed E-state index contributed by atoms with van der Waals surface area (Å²) in [6.45, 7) is 7.35. The van der Waals surface area contributed by atoms with Crippen LogP contribution in [0.2, 0.25) is 0 Å². The van der Waals surface area contributed by atoms with E-state index in [4.69, 9.17) is 5.26 Å². The van der Waals surface area contributed by atoms with E-state index < -0.39 is 0 Å². The summed E-state index contributed by atoms with van der Waals surface area (Å²) >= 11 is 0. The van der Waals surface area contributed by atoms with Gasteiger partial charge in [0.05, 0.1) is 12.1 Å². The van der Waals surface area contributed by atoms with E-state index in [0.717, 1.165) is 0 Å². The van der Waals surface area contributed by atoms with Crippen LogP contribution in [0.4, 0.5) is 0 Å². The highest BCUT2D eigenvalue weighted by molar-refractivity contribution is 4.91. The van der Waals surface area contributed by atoms with E-state index in [1.54, 1.807) is 6.08 Å². The molecule has 0 aliphatic heterocycles. The van der Waals surface area contributed by atoms with Gasteiger partial charge in [0.15, 0.2) is 0 Å². The van der Waals surface area contributed by atoms with Crippen molar-refractivity contribution in [2.24, 2.45) is 0 Å². The van der Waals surface area contributed by atoms with E-state index in [-0.39, 0.29) is 12.1 Å². The Hall–Kier alpha value is -0.810. The number of nitrogens with zero attached hydrogens (tertiary/aromatic N) is 1. The molecule has 1 N–H and O–H groups in total. The minimum atomic E-state index is -0.0852. The van der Waals surface area contributed by atoms with E-state index in [1.807, 2.05) is 13.8 Å². The normalized spacial score (nSPS) is 15.7. The largest absolute Gasteiger partial charge is 0.296 e. The van der Waals surface area contributed by atoms with Gasteiger partial charge in [-0.3, -0.25) is 5.32 Å². The Morgan fingerprint density at radius 1 is 1.67 bits per heavy atom. The van der Waals surface area contributed by atoms with Crippen molar-refractivity contribution in [1.29, 1.82) is 5.26 Å². The molecule has 2 heteroatoms. The lowest BCUT2D eigenvalue weighted by Crippen LogP contribution is -2.31. The summed E-state index contributed by atoms with van der Waals surface area (Å²) < 4.78 is 0. The second-order valence-corrected chi connectivity index (χ2v) is 2.04. The second-order valence-electron chi connectivity index (χ2n) is 2.04. The van der Waals surface area contributed by atoms with Gasteiger partial charge in [-0.2, -0.15) is 5.26 Å². The van der Waals surface area contributed by atoms with Crippen LogP contribution < -0.4 is 5.32 Å². The minimum Gasteiger partial charge on any atom is -0.296 e. The van der Waals surface area contributed by atoms with Crippen LogP contribution in [0.5, 0.6) is 0 Å². The van der Waals surface area contributed by atoms with Gasteiger partial charge in [0, 0.05) is 6.04 Å². The first-order valence-electron chi connectivity index (χ1n) is 2.99. The van der Waals surface area contributed by atoms with Crippen LogP contribution in [-0.4, -0.2) is 12.1 Å². The van der Waals surface area contributed by atoms with E-state index in [0.29, 0.717) is 0 Å². The first kappa shape index (κ1) is 8.19. The molecule has 0 fully saturated rings. The maximum absolute atomic E-state index is 8.33. The van der Waals surface area contributed by atoms with Gasteiger partial charge in [-0.25, -0.2) is 0 Å². The summed E-state index contributed by atoms with van der Waals surface area (Å²) in [5.74, 6) is 0. The number of hydrogen-bond acceptors (Lipinski definition) is 2. The van der Waals surface area contributed by atoms with Gasteiger partial charge in [-0.15, -0.1) is 6.58 Å². The molecule has 0 saturated carbocycles. The molecule has 0 saturated heterocycles. The molecule has 0 spiro atoms. The van der Waals surface area contributed by atoms with Gasteiger partial charge in [0.25, 0.3) is 0 Å². The molecule has 50 valence electrons. The fraction of sp³-hybridized carbons (Fsp3) is 0.571.